The molecule has 2 heterocycles. The van der Waals surface area contributed by atoms with Gasteiger partial charge in [0.2, 0.25) is 17.6 Å². The van der Waals surface area contributed by atoms with E-state index in [0.717, 1.165) is 29.7 Å². The maximum absolute atomic E-state index is 13.0. The third kappa shape index (κ3) is 4.39. The highest BCUT2D eigenvalue weighted by molar-refractivity contribution is 5.77. The van der Waals surface area contributed by atoms with Gasteiger partial charge in [0.05, 0.1) is 21.3 Å². The topological polar surface area (TPSA) is 86.9 Å². The number of aromatic nitrogens is 2. The Morgan fingerprint density at radius 1 is 1.06 bits per heavy atom. The molecule has 1 amide bonds. The van der Waals surface area contributed by atoms with Crippen molar-refractivity contribution in [2.45, 2.75) is 31.7 Å². The van der Waals surface area contributed by atoms with Crippen LogP contribution >= 0.6 is 0 Å². The molecule has 1 fully saturated rings. The number of methoxy groups -OCH3 is 3. The molecule has 8 nitrogen and oxygen atoms in total. The first-order valence-electron chi connectivity index (χ1n) is 10.6. The summed E-state index contributed by atoms with van der Waals surface area (Å²) in [4.78, 5) is 19.4. The van der Waals surface area contributed by atoms with Crippen LogP contribution in [-0.2, 0) is 11.2 Å². The van der Waals surface area contributed by atoms with Gasteiger partial charge in [-0.05, 0) is 49.1 Å². The lowest BCUT2D eigenvalue weighted by Gasteiger charge is -2.22. The van der Waals surface area contributed by atoms with Gasteiger partial charge in [-0.2, -0.15) is 4.98 Å². The van der Waals surface area contributed by atoms with E-state index in [9.17, 15) is 4.79 Å². The lowest BCUT2D eigenvalue weighted by Crippen LogP contribution is -2.30. The normalized spacial score (nSPS) is 15.6. The van der Waals surface area contributed by atoms with Crippen molar-refractivity contribution in [2.24, 2.45) is 0 Å². The van der Waals surface area contributed by atoms with Crippen LogP contribution in [-0.4, -0.2) is 48.8 Å². The number of benzene rings is 2. The third-order valence-electron chi connectivity index (χ3n) is 5.74. The molecule has 1 aromatic heterocycles. The Labute approximate surface area is 187 Å². The second-order valence-electron chi connectivity index (χ2n) is 7.58. The van der Waals surface area contributed by atoms with E-state index >= 15 is 0 Å². The van der Waals surface area contributed by atoms with Crippen molar-refractivity contribution < 1.29 is 23.5 Å². The largest absolute Gasteiger partial charge is 0.496 e. The fraction of sp³-hybridized carbons (Fsp3) is 0.375. The quantitative estimate of drug-likeness (QED) is 0.525. The summed E-state index contributed by atoms with van der Waals surface area (Å²) in [7, 11) is 4.81. The van der Waals surface area contributed by atoms with Gasteiger partial charge in [0.1, 0.15) is 11.8 Å². The van der Waals surface area contributed by atoms with Gasteiger partial charge in [-0.25, -0.2) is 0 Å². The Morgan fingerprint density at radius 2 is 1.84 bits per heavy atom. The van der Waals surface area contributed by atoms with E-state index in [1.165, 1.54) is 0 Å². The highest BCUT2D eigenvalue weighted by atomic mass is 16.5. The molecule has 3 aromatic rings. The molecule has 1 aliphatic rings. The van der Waals surface area contributed by atoms with Gasteiger partial charge in [-0.3, -0.25) is 4.79 Å². The van der Waals surface area contributed by atoms with Crippen LogP contribution in [0, 0.1) is 0 Å². The maximum atomic E-state index is 13.0. The molecule has 1 saturated heterocycles. The molecule has 0 unspecified atom stereocenters. The molecule has 32 heavy (non-hydrogen) atoms. The van der Waals surface area contributed by atoms with Gasteiger partial charge < -0.3 is 23.6 Å². The van der Waals surface area contributed by atoms with Crippen LogP contribution in [0.25, 0.3) is 11.4 Å². The zero-order valence-corrected chi connectivity index (χ0v) is 18.5. The number of nitrogens with zero attached hydrogens (tertiary/aromatic N) is 3. The molecule has 2 aromatic carbocycles. The molecule has 0 aliphatic carbocycles. The molecule has 8 heteroatoms. The minimum atomic E-state index is -0.207. The van der Waals surface area contributed by atoms with Gasteiger partial charge in [-0.15, -0.1) is 0 Å². The molecule has 0 saturated carbocycles. The third-order valence-corrected chi connectivity index (χ3v) is 5.74. The van der Waals surface area contributed by atoms with Crippen molar-refractivity contribution in [1.82, 2.24) is 15.0 Å². The Kier molecular flexibility index (Phi) is 6.58. The summed E-state index contributed by atoms with van der Waals surface area (Å²) in [6.45, 7) is 0.684. The summed E-state index contributed by atoms with van der Waals surface area (Å²) < 4.78 is 21.6. The van der Waals surface area contributed by atoms with E-state index in [2.05, 4.69) is 10.1 Å². The maximum Gasteiger partial charge on any atom is 0.249 e. The van der Waals surface area contributed by atoms with Crippen LogP contribution in [0.3, 0.4) is 0 Å². The number of ether oxygens (including phenoxy) is 3. The summed E-state index contributed by atoms with van der Waals surface area (Å²) in [5, 5.41) is 4.13. The SMILES string of the molecule is COc1ccccc1CCC(=O)N1CCC[C@H]1c1nc(-c2ccc(OC)c(OC)c2)no1. The zero-order valence-electron chi connectivity index (χ0n) is 18.5. The first kappa shape index (κ1) is 21.7. The van der Waals surface area contributed by atoms with E-state index in [4.69, 9.17) is 18.7 Å². The zero-order chi connectivity index (χ0) is 22.5. The number of rotatable bonds is 8. The molecular formula is C24H27N3O5. The van der Waals surface area contributed by atoms with E-state index < -0.39 is 0 Å². The average Bonchev–Trinajstić information content (AvgIpc) is 3.52. The van der Waals surface area contributed by atoms with Crippen LogP contribution < -0.4 is 14.2 Å². The van der Waals surface area contributed by atoms with Crippen molar-refractivity contribution in [3.63, 3.8) is 0 Å². The van der Waals surface area contributed by atoms with E-state index in [1.54, 1.807) is 33.5 Å². The Morgan fingerprint density at radius 3 is 2.62 bits per heavy atom. The number of likely N-dealkylation sites (tertiary alicyclic amines) is 1. The fourth-order valence-electron chi connectivity index (χ4n) is 4.08. The molecule has 168 valence electrons. The molecule has 0 spiro atoms. The van der Waals surface area contributed by atoms with E-state index in [-0.39, 0.29) is 11.9 Å². The molecule has 0 N–H and O–H groups in total. The molecule has 0 radical (unpaired) electrons. The van der Waals surface area contributed by atoms with Gasteiger partial charge in [0.15, 0.2) is 11.5 Å². The Bertz CT molecular complexity index is 1080. The summed E-state index contributed by atoms with van der Waals surface area (Å²) in [5.74, 6) is 3.00. The Hall–Kier alpha value is -3.55. The predicted molar refractivity (Wildman–Crippen MR) is 118 cm³/mol. The minimum Gasteiger partial charge on any atom is -0.496 e. The second-order valence-corrected chi connectivity index (χ2v) is 7.58. The molecule has 4 rings (SSSR count). The van der Waals surface area contributed by atoms with Gasteiger partial charge >= 0.3 is 0 Å². The highest BCUT2D eigenvalue weighted by Gasteiger charge is 2.34. The van der Waals surface area contributed by atoms with Crippen LogP contribution in [0.15, 0.2) is 47.0 Å². The fourth-order valence-corrected chi connectivity index (χ4v) is 4.08. The van der Waals surface area contributed by atoms with Crippen LogP contribution in [0.2, 0.25) is 0 Å². The number of hydrogen-bond acceptors (Lipinski definition) is 7. The molecule has 1 atom stereocenters. The Balaban J connectivity index is 1.47. The van der Waals surface area contributed by atoms with Gasteiger partial charge in [-0.1, -0.05) is 23.4 Å². The van der Waals surface area contributed by atoms with Crippen molar-refractivity contribution >= 4 is 5.91 Å². The first-order valence-corrected chi connectivity index (χ1v) is 10.6. The van der Waals surface area contributed by atoms with Crippen LogP contribution in [0.5, 0.6) is 17.2 Å². The number of aryl methyl sites for hydroxylation is 1. The predicted octanol–water partition coefficient (Wildman–Crippen LogP) is 4.06. The number of hydrogen-bond donors (Lipinski definition) is 0. The van der Waals surface area contributed by atoms with Crippen molar-refractivity contribution in [1.29, 1.82) is 0 Å². The lowest BCUT2D eigenvalue weighted by atomic mass is 10.1. The van der Waals surface area contributed by atoms with Crippen molar-refractivity contribution in [2.75, 3.05) is 27.9 Å². The highest BCUT2D eigenvalue weighted by Crippen LogP contribution is 2.35. The summed E-state index contributed by atoms with van der Waals surface area (Å²) in [6.07, 6.45) is 2.72. The van der Waals surface area contributed by atoms with Gasteiger partial charge in [0, 0.05) is 18.5 Å². The monoisotopic (exact) mass is 437 g/mol. The minimum absolute atomic E-state index is 0.0734. The lowest BCUT2D eigenvalue weighted by molar-refractivity contribution is -0.132. The number of para-hydroxylation sites is 1. The number of amides is 1. The first-order chi connectivity index (χ1) is 15.6. The second kappa shape index (κ2) is 9.72. The summed E-state index contributed by atoms with van der Waals surface area (Å²) in [6, 6.07) is 13.0. The smallest absolute Gasteiger partial charge is 0.249 e. The summed E-state index contributed by atoms with van der Waals surface area (Å²) in [5.41, 5.74) is 1.78. The van der Waals surface area contributed by atoms with Crippen LogP contribution in [0.1, 0.15) is 36.8 Å². The number of carbonyl (C=O) groups is 1. The molecular weight excluding hydrogens is 410 g/mol. The molecule has 1 aliphatic heterocycles. The standard InChI is InChI=1S/C24H27N3O5/c1-29-19-9-5-4-7-16(19)11-13-22(28)27-14-6-8-18(27)24-25-23(26-32-24)17-10-12-20(30-2)21(15-17)31-3/h4-5,7,9-10,12,15,18H,6,8,11,13-14H2,1-3H3/t18-/m0/s1. The van der Waals surface area contributed by atoms with Crippen LogP contribution in [0.4, 0.5) is 0 Å². The van der Waals surface area contributed by atoms with E-state index in [1.807, 2.05) is 35.2 Å². The summed E-state index contributed by atoms with van der Waals surface area (Å²) >= 11 is 0. The van der Waals surface area contributed by atoms with Crippen molar-refractivity contribution in [3.05, 3.63) is 53.9 Å². The average molecular weight is 437 g/mol. The number of carbonyl (C=O) groups excluding carboxylic acids is 1. The molecule has 0 bridgehead atoms. The van der Waals surface area contributed by atoms with E-state index in [0.29, 0.717) is 42.6 Å². The van der Waals surface area contributed by atoms with Gasteiger partial charge in [0.25, 0.3) is 0 Å². The van der Waals surface area contributed by atoms with Crippen molar-refractivity contribution in [3.8, 4) is 28.6 Å².